The number of hydrogen-bond acceptors (Lipinski definition) is 4. The number of halogens is 1. The Morgan fingerprint density at radius 3 is 2.72 bits per heavy atom. The maximum absolute atomic E-state index is 11.7. The van der Waals surface area contributed by atoms with Gasteiger partial charge in [0, 0.05) is 12.1 Å². The molecule has 0 aliphatic rings. The summed E-state index contributed by atoms with van der Waals surface area (Å²) >= 11 is 0. The molecule has 3 N–H and O–H groups in total. The van der Waals surface area contributed by atoms with Crippen LogP contribution in [0.25, 0.3) is 0 Å². The Morgan fingerprint density at radius 2 is 2.17 bits per heavy atom. The van der Waals surface area contributed by atoms with E-state index in [-0.39, 0.29) is 23.7 Å². The number of para-hydroxylation sites is 1. The molecule has 6 nitrogen and oxygen atoms in total. The van der Waals surface area contributed by atoms with Gasteiger partial charge in [-0.25, -0.2) is 0 Å². The Hall–Kier alpha value is -1.66. The standard InChI is InChI=1S/C11H15N3O3.ClH/c1-8-4-2-5-9(10(8)14(16)17)11(15)13-7-3-6-12;/h2,4-5H,3,6-7,12H2,1H3,(H,13,15);1H. The van der Waals surface area contributed by atoms with Crippen LogP contribution in [-0.2, 0) is 0 Å². The van der Waals surface area contributed by atoms with Crippen LogP contribution < -0.4 is 11.1 Å². The lowest BCUT2D eigenvalue weighted by Gasteiger charge is -2.06. The second-order valence-electron chi connectivity index (χ2n) is 3.63. The Morgan fingerprint density at radius 1 is 1.50 bits per heavy atom. The van der Waals surface area contributed by atoms with Crippen LogP contribution in [0.1, 0.15) is 22.3 Å². The fourth-order valence-electron chi connectivity index (χ4n) is 1.48. The molecule has 0 aliphatic carbocycles. The highest BCUT2D eigenvalue weighted by atomic mass is 35.5. The molecule has 0 saturated carbocycles. The van der Waals surface area contributed by atoms with Gasteiger partial charge in [-0.3, -0.25) is 14.9 Å². The fourth-order valence-corrected chi connectivity index (χ4v) is 1.48. The molecular formula is C11H16ClN3O3. The minimum Gasteiger partial charge on any atom is -0.352 e. The molecule has 18 heavy (non-hydrogen) atoms. The lowest BCUT2D eigenvalue weighted by atomic mass is 10.1. The first kappa shape index (κ1) is 16.3. The maximum Gasteiger partial charge on any atom is 0.285 e. The highest BCUT2D eigenvalue weighted by molar-refractivity contribution is 5.98. The molecule has 0 atom stereocenters. The number of amides is 1. The number of nitro benzene ring substituents is 1. The van der Waals surface area contributed by atoms with Crippen molar-refractivity contribution in [1.29, 1.82) is 0 Å². The van der Waals surface area contributed by atoms with Crippen LogP contribution in [0.2, 0.25) is 0 Å². The van der Waals surface area contributed by atoms with E-state index >= 15 is 0 Å². The average Bonchev–Trinajstić information content (AvgIpc) is 2.28. The van der Waals surface area contributed by atoms with E-state index in [4.69, 9.17) is 5.73 Å². The molecule has 100 valence electrons. The van der Waals surface area contributed by atoms with Crippen molar-refractivity contribution < 1.29 is 9.72 Å². The molecule has 0 fully saturated rings. The molecule has 0 bridgehead atoms. The summed E-state index contributed by atoms with van der Waals surface area (Å²) in [5, 5.41) is 13.5. The van der Waals surface area contributed by atoms with E-state index in [1.807, 2.05) is 0 Å². The number of benzene rings is 1. The van der Waals surface area contributed by atoms with Gasteiger partial charge in [-0.05, 0) is 26.0 Å². The lowest BCUT2D eigenvalue weighted by Crippen LogP contribution is -2.26. The molecule has 1 aromatic rings. The van der Waals surface area contributed by atoms with Gasteiger partial charge in [-0.15, -0.1) is 12.4 Å². The topological polar surface area (TPSA) is 98.3 Å². The normalized spacial score (nSPS) is 9.44. The summed E-state index contributed by atoms with van der Waals surface area (Å²) in [6, 6.07) is 4.68. The number of hydrogen-bond donors (Lipinski definition) is 2. The third kappa shape index (κ3) is 3.97. The van der Waals surface area contributed by atoms with E-state index in [0.717, 1.165) is 0 Å². The summed E-state index contributed by atoms with van der Waals surface area (Å²) < 4.78 is 0. The van der Waals surface area contributed by atoms with E-state index < -0.39 is 10.8 Å². The number of carbonyl (C=O) groups is 1. The molecule has 1 rings (SSSR count). The van der Waals surface area contributed by atoms with Gasteiger partial charge in [0.05, 0.1) is 4.92 Å². The molecule has 7 heteroatoms. The summed E-state index contributed by atoms with van der Waals surface area (Å²) in [5.41, 5.74) is 5.72. The quantitative estimate of drug-likeness (QED) is 0.481. The van der Waals surface area contributed by atoms with Gasteiger partial charge in [0.15, 0.2) is 0 Å². The van der Waals surface area contributed by atoms with E-state index in [9.17, 15) is 14.9 Å². The van der Waals surface area contributed by atoms with Crippen molar-refractivity contribution in [3.05, 3.63) is 39.4 Å². The number of nitrogens with one attached hydrogen (secondary N) is 1. The summed E-state index contributed by atoms with van der Waals surface area (Å²) in [4.78, 5) is 22.1. The van der Waals surface area contributed by atoms with Gasteiger partial charge in [0.2, 0.25) is 0 Å². The monoisotopic (exact) mass is 273 g/mol. The predicted octanol–water partition coefficient (Wildman–Crippen LogP) is 1.40. The molecule has 0 heterocycles. The SMILES string of the molecule is Cc1cccc(C(=O)NCCCN)c1[N+](=O)[O-].Cl. The molecular weight excluding hydrogens is 258 g/mol. The second kappa shape index (κ2) is 7.62. The maximum atomic E-state index is 11.7. The van der Waals surface area contributed by atoms with Crippen molar-refractivity contribution in [3.63, 3.8) is 0 Å². The summed E-state index contributed by atoms with van der Waals surface area (Å²) in [5.74, 6) is -0.436. The molecule has 0 aromatic heterocycles. The van der Waals surface area contributed by atoms with Crippen molar-refractivity contribution in [2.24, 2.45) is 5.73 Å². The third-order valence-corrected chi connectivity index (χ3v) is 2.33. The molecule has 0 spiro atoms. The number of nitro groups is 1. The molecule has 0 radical (unpaired) electrons. The van der Waals surface area contributed by atoms with Gasteiger partial charge >= 0.3 is 0 Å². The Balaban J connectivity index is 0.00000289. The summed E-state index contributed by atoms with van der Waals surface area (Å²) in [6.45, 7) is 2.49. The van der Waals surface area contributed by atoms with Crippen molar-refractivity contribution in [2.45, 2.75) is 13.3 Å². The zero-order chi connectivity index (χ0) is 12.8. The Kier molecular flexibility index (Phi) is 6.92. The van der Waals surface area contributed by atoms with Crippen LogP contribution in [0, 0.1) is 17.0 Å². The number of nitrogens with zero attached hydrogens (tertiary/aromatic N) is 1. The van der Waals surface area contributed by atoms with Crippen LogP contribution in [-0.4, -0.2) is 23.9 Å². The zero-order valence-electron chi connectivity index (χ0n) is 10.0. The van der Waals surface area contributed by atoms with Crippen LogP contribution >= 0.6 is 12.4 Å². The predicted molar refractivity (Wildman–Crippen MR) is 71.1 cm³/mol. The van der Waals surface area contributed by atoms with Gasteiger partial charge in [0.1, 0.15) is 5.56 Å². The van der Waals surface area contributed by atoms with E-state index in [1.54, 1.807) is 19.1 Å². The molecule has 0 saturated heterocycles. The van der Waals surface area contributed by atoms with Crippen molar-refractivity contribution in [1.82, 2.24) is 5.32 Å². The van der Waals surface area contributed by atoms with Gasteiger partial charge in [-0.1, -0.05) is 12.1 Å². The highest BCUT2D eigenvalue weighted by Crippen LogP contribution is 2.22. The number of aryl methyl sites for hydroxylation is 1. The first-order valence-corrected chi connectivity index (χ1v) is 5.30. The first-order chi connectivity index (χ1) is 8.07. The Bertz CT molecular complexity index is 438. The van der Waals surface area contributed by atoms with Crippen molar-refractivity contribution >= 4 is 24.0 Å². The molecule has 1 aromatic carbocycles. The minimum atomic E-state index is -0.535. The van der Waals surface area contributed by atoms with Crippen LogP contribution in [0.4, 0.5) is 5.69 Å². The largest absolute Gasteiger partial charge is 0.352 e. The van der Waals surface area contributed by atoms with Crippen LogP contribution in [0.15, 0.2) is 18.2 Å². The average molecular weight is 274 g/mol. The zero-order valence-corrected chi connectivity index (χ0v) is 10.8. The Labute approximate surface area is 111 Å². The molecule has 0 aliphatic heterocycles. The number of nitrogens with two attached hydrogens (primary N) is 1. The fraction of sp³-hybridized carbons (Fsp3) is 0.364. The third-order valence-electron chi connectivity index (χ3n) is 2.33. The molecule has 1 amide bonds. The number of carbonyl (C=O) groups excluding carboxylic acids is 1. The first-order valence-electron chi connectivity index (χ1n) is 5.30. The summed E-state index contributed by atoms with van der Waals surface area (Å²) in [7, 11) is 0. The van der Waals surface area contributed by atoms with Gasteiger partial charge in [0.25, 0.3) is 11.6 Å². The second-order valence-corrected chi connectivity index (χ2v) is 3.63. The van der Waals surface area contributed by atoms with E-state index in [0.29, 0.717) is 25.1 Å². The van der Waals surface area contributed by atoms with E-state index in [1.165, 1.54) is 6.07 Å². The smallest absolute Gasteiger partial charge is 0.285 e. The van der Waals surface area contributed by atoms with Gasteiger partial charge < -0.3 is 11.1 Å². The van der Waals surface area contributed by atoms with E-state index in [2.05, 4.69) is 5.32 Å². The van der Waals surface area contributed by atoms with Gasteiger partial charge in [-0.2, -0.15) is 0 Å². The minimum absolute atomic E-state index is 0. The van der Waals surface area contributed by atoms with Crippen molar-refractivity contribution in [3.8, 4) is 0 Å². The highest BCUT2D eigenvalue weighted by Gasteiger charge is 2.21. The van der Waals surface area contributed by atoms with Crippen LogP contribution in [0.5, 0.6) is 0 Å². The lowest BCUT2D eigenvalue weighted by molar-refractivity contribution is -0.385. The summed E-state index contributed by atoms with van der Waals surface area (Å²) in [6.07, 6.45) is 0.644. The van der Waals surface area contributed by atoms with Crippen molar-refractivity contribution in [2.75, 3.05) is 13.1 Å². The van der Waals surface area contributed by atoms with Crippen LogP contribution in [0.3, 0.4) is 0 Å². The number of rotatable bonds is 5. The molecule has 0 unspecified atom stereocenters.